The van der Waals surface area contributed by atoms with Gasteiger partial charge in [-0.15, -0.1) is 0 Å². The number of hydrogen-bond donors (Lipinski definition) is 1. The molecule has 0 spiro atoms. The number of nitriles is 1. The van der Waals surface area contributed by atoms with Crippen LogP contribution in [-0.2, 0) is 9.59 Å². The third-order valence-electron chi connectivity index (χ3n) is 2.50. The van der Waals surface area contributed by atoms with Crippen LogP contribution in [0, 0.1) is 28.6 Å². The molecule has 0 fully saturated rings. The van der Waals surface area contributed by atoms with Crippen LogP contribution in [0.5, 0.6) is 0 Å². The Bertz CT molecular complexity index is 339. The lowest BCUT2D eigenvalue weighted by Crippen LogP contribution is -2.44. The molecule has 0 aromatic carbocycles. The first kappa shape index (κ1) is 15.4. The molecule has 0 radical (unpaired) electrons. The van der Waals surface area contributed by atoms with Crippen LogP contribution in [0.15, 0.2) is 0 Å². The summed E-state index contributed by atoms with van der Waals surface area (Å²) in [6.07, 6.45) is 0. The highest BCUT2D eigenvalue weighted by atomic mass is 16.4. The van der Waals surface area contributed by atoms with Gasteiger partial charge in [-0.05, 0) is 12.3 Å². The Morgan fingerprint density at radius 1 is 1.41 bits per heavy atom. The van der Waals surface area contributed by atoms with Crippen LogP contribution in [0.3, 0.4) is 0 Å². The molecule has 5 heteroatoms. The largest absolute Gasteiger partial charge is 0.481 e. The van der Waals surface area contributed by atoms with E-state index in [1.807, 2.05) is 6.07 Å². The van der Waals surface area contributed by atoms with E-state index in [0.29, 0.717) is 0 Å². The van der Waals surface area contributed by atoms with Crippen LogP contribution >= 0.6 is 0 Å². The van der Waals surface area contributed by atoms with Crippen molar-refractivity contribution in [2.75, 3.05) is 13.6 Å². The minimum absolute atomic E-state index is 0.245. The fourth-order valence-corrected chi connectivity index (χ4v) is 1.61. The van der Waals surface area contributed by atoms with Crippen molar-refractivity contribution in [2.45, 2.75) is 27.7 Å². The molecule has 0 aliphatic rings. The van der Waals surface area contributed by atoms with Gasteiger partial charge in [0.25, 0.3) is 0 Å². The molecule has 0 aromatic heterocycles. The molecule has 5 nitrogen and oxygen atoms in total. The van der Waals surface area contributed by atoms with Gasteiger partial charge in [-0.3, -0.25) is 9.59 Å². The maximum Gasteiger partial charge on any atom is 0.316 e. The van der Waals surface area contributed by atoms with Gasteiger partial charge in [0.05, 0.1) is 12.0 Å². The fraction of sp³-hybridized carbons (Fsp3) is 0.750. The number of carbonyl (C=O) groups is 2. The highest BCUT2D eigenvalue weighted by molar-refractivity contribution is 5.97. The van der Waals surface area contributed by atoms with Crippen molar-refractivity contribution >= 4 is 11.9 Å². The zero-order valence-electron chi connectivity index (χ0n) is 11.0. The second-order valence-corrected chi connectivity index (χ2v) is 5.39. The van der Waals surface area contributed by atoms with Crippen molar-refractivity contribution in [1.82, 2.24) is 4.90 Å². The number of hydrogen-bond acceptors (Lipinski definition) is 3. The molecule has 0 saturated heterocycles. The van der Waals surface area contributed by atoms with Crippen molar-refractivity contribution in [2.24, 2.45) is 17.3 Å². The first-order chi connectivity index (χ1) is 7.61. The van der Waals surface area contributed by atoms with Gasteiger partial charge in [0, 0.05) is 13.6 Å². The van der Waals surface area contributed by atoms with Gasteiger partial charge in [-0.25, -0.2) is 0 Å². The molecule has 2 unspecified atom stereocenters. The van der Waals surface area contributed by atoms with E-state index >= 15 is 0 Å². The minimum Gasteiger partial charge on any atom is -0.481 e. The van der Waals surface area contributed by atoms with Gasteiger partial charge in [0.1, 0.15) is 5.92 Å². The maximum atomic E-state index is 12.0. The van der Waals surface area contributed by atoms with Gasteiger partial charge < -0.3 is 10.0 Å². The Balaban J connectivity index is 4.88. The van der Waals surface area contributed by atoms with E-state index in [9.17, 15) is 9.59 Å². The van der Waals surface area contributed by atoms with E-state index in [-0.39, 0.29) is 12.5 Å². The number of rotatable bonds is 4. The summed E-state index contributed by atoms with van der Waals surface area (Å²) >= 11 is 0. The van der Waals surface area contributed by atoms with Crippen LogP contribution in [0.25, 0.3) is 0 Å². The molecule has 0 saturated carbocycles. The third-order valence-corrected chi connectivity index (χ3v) is 2.50. The monoisotopic (exact) mass is 240 g/mol. The molecule has 0 aliphatic heterocycles. The summed E-state index contributed by atoms with van der Waals surface area (Å²) in [5, 5.41) is 17.8. The quantitative estimate of drug-likeness (QED) is 0.752. The summed E-state index contributed by atoms with van der Waals surface area (Å²) in [7, 11) is 1.53. The average Bonchev–Trinajstić information content (AvgIpc) is 2.14. The summed E-state index contributed by atoms with van der Waals surface area (Å²) in [6.45, 7) is 7.08. The SMILES string of the molecule is CC(C#N)CN(C)C(=O)C(C(=O)O)C(C)(C)C. The maximum absolute atomic E-state index is 12.0. The molecule has 2 atom stereocenters. The normalized spacial score (nSPS) is 14.6. The van der Waals surface area contributed by atoms with Crippen molar-refractivity contribution in [3.05, 3.63) is 0 Å². The smallest absolute Gasteiger partial charge is 0.316 e. The Hall–Kier alpha value is -1.57. The fourth-order valence-electron chi connectivity index (χ4n) is 1.61. The zero-order valence-corrected chi connectivity index (χ0v) is 11.0. The molecule has 0 aliphatic carbocycles. The van der Waals surface area contributed by atoms with Gasteiger partial charge in [0.2, 0.25) is 5.91 Å². The summed E-state index contributed by atoms with van der Waals surface area (Å²) in [5.41, 5.74) is -0.646. The topological polar surface area (TPSA) is 81.4 Å². The number of carbonyl (C=O) groups excluding carboxylic acids is 1. The summed E-state index contributed by atoms with van der Waals surface area (Å²) in [6, 6.07) is 2.02. The van der Waals surface area contributed by atoms with Gasteiger partial charge in [-0.2, -0.15) is 5.26 Å². The minimum atomic E-state index is -1.13. The predicted octanol–water partition coefficient (Wildman–Crippen LogP) is 1.35. The molecule has 96 valence electrons. The molecule has 0 rings (SSSR count). The average molecular weight is 240 g/mol. The van der Waals surface area contributed by atoms with E-state index in [2.05, 4.69) is 0 Å². The standard InChI is InChI=1S/C12H20N2O3/c1-8(6-13)7-14(5)10(15)9(11(16)17)12(2,3)4/h8-9H,7H2,1-5H3,(H,16,17). The highest BCUT2D eigenvalue weighted by Crippen LogP contribution is 2.27. The van der Waals surface area contributed by atoms with Gasteiger partial charge in [0.15, 0.2) is 0 Å². The van der Waals surface area contributed by atoms with Crippen molar-refractivity contribution < 1.29 is 14.7 Å². The van der Waals surface area contributed by atoms with E-state index in [0.717, 1.165) is 0 Å². The van der Waals surface area contributed by atoms with E-state index in [4.69, 9.17) is 10.4 Å². The van der Waals surface area contributed by atoms with Crippen molar-refractivity contribution in [3.63, 3.8) is 0 Å². The third kappa shape index (κ3) is 4.43. The molecular weight excluding hydrogens is 220 g/mol. The number of nitrogens with zero attached hydrogens (tertiary/aromatic N) is 2. The first-order valence-electron chi connectivity index (χ1n) is 5.48. The van der Waals surface area contributed by atoms with Crippen LogP contribution in [-0.4, -0.2) is 35.5 Å². The molecule has 0 heterocycles. The van der Waals surface area contributed by atoms with Crippen LogP contribution in [0.2, 0.25) is 0 Å². The summed E-state index contributed by atoms with van der Waals surface area (Å²) in [5.74, 6) is -2.97. The Morgan fingerprint density at radius 2 is 1.88 bits per heavy atom. The molecule has 17 heavy (non-hydrogen) atoms. The number of amides is 1. The van der Waals surface area contributed by atoms with Crippen LogP contribution in [0.1, 0.15) is 27.7 Å². The van der Waals surface area contributed by atoms with Crippen molar-refractivity contribution in [3.8, 4) is 6.07 Å². The number of carboxylic acids is 1. The zero-order chi connectivity index (χ0) is 13.8. The Labute approximate surface area is 102 Å². The Kier molecular flexibility index (Phi) is 5.14. The summed E-state index contributed by atoms with van der Waals surface area (Å²) < 4.78 is 0. The van der Waals surface area contributed by atoms with Crippen LogP contribution in [0.4, 0.5) is 0 Å². The molecule has 0 bridgehead atoms. The van der Waals surface area contributed by atoms with Crippen LogP contribution < -0.4 is 0 Å². The Morgan fingerprint density at radius 3 is 2.18 bits per heavy atom. The first-order valence-corrected chi connectivity index (χ1v) is 5.48. The predicted molar refractivity (Wildman–Crippen MR) is 63.0 cm³/mol. The lowest BCUT2D eigenvalue weighted by molar-refractivity contribution is -0.155. The van der Waals surface area contributed by atoms with E-state index < -0.39 is 23.2 Å². The van der Waals surface area contributed by atoms with Crippen molar-refractivity contribution in [1.29, 1.82) is 5.26 Å². The lowest BCUT2D eigenvalue weighted by Gasteiger charge is -2.30. The molecule has 1 amide bonds. The van der Waals surface area contributed by atoms with Gasteiger partial charge >= 0.3 is 5.97 Å². The van der Waals surface area contributed by atoms with E-state index in [1.54, 1.807) is 27.7 Å². The molecule has 1 N–H and O–H groups in total. The highest BCUT2D eigenvalue weighted by Gasteiger charge is 2.39. The number of aliphatic carboxylic acids is 1. The van der Waals surface area contributed by atoms with Gasteiger partial charge in [-0.1, -0.05) is 20.8 Å². The second-order valence-electron chi connectivity index (χ2n) is 5.39. The van der Waals surface area contributed by atoms with E-state index in [1.165, 1.54) is 11.9 Å². The number of carboxylic acid groups (broad SMARTS) is 1. The summed E-state index contributed by atoms with van der Waals surface area (Å²) in [4.78, 5) is 24.5. The second kappa shape index (κ2) is 5.67. The molecular formula is C12H20N2O3. The lowest BCUT2D eigenvalue weighted by atomic mass is 9.80. The molecule has 0 aromatic rings.